The number of aromatic nitrogens is 2. The molecule has 2 aromatic rings. The predicted molar refractivity (Wildman–Crippen MR) is 83.2 cm³/mol. The maximum Gasteiger partial charge on any atom is 0.158 e. The molecule has 0 aliphatic rings. The highest BCUT2D eigenvalue weighted by Gasteiger charge is 2.07. The van der Waals surface area contributed by atoms with Crippen molar-refractivity contribution in [1.29, 1.82) is 0 Å². The van der Waals surface area contributed by atoms with E-state index in [0.717, 1.165) is 17.3 Å². The van der Waals surface area contributed by atoms with Gasteiger partial charge < -0.3 is 20.1 Å². The van der Waals surface area contributed by atoms with Crippen LogP contribution in [0.1, 0.15) is 12.7 Å². The van der Waals surface area contributed by atoms with Crippen LogP contribution in [0.15, 0.2) is 30.3 Å². The second-order valence-corrected chi connectivity index (χ2v) is 4.29. The topological polar surface area (TPSA) is 68.3 Å². The zero-order valence-corrected chi connectivity index (χ0v) is 12.5. The van der Waals surface area contributed by atoms with Crippen molar-refractivity contribution in [1.82, 2.24) is 9.97 Å². The van der Waals surface area contributed by atoms with E-state index in [0.29, 0.717) is 24.9 Å². The minimum atomic E-state index is 0.358. The Morgan fingerprint density at radius 3 is 2.62 bits per heavy atom. The number of anilines is 3. The van der Waals surface area contributed by atoms with Gasteiger partial charge in [-0.3, -0.25) is 0 Å². The Morgan fingerprint density at radius 1 is 1.14 bits per heavy atom. The number of ether oxygens (including phenoxy) is 2. The number of nitrogens with one attached hydrogen (secondary N) is 2. The first kappa shape index (κ1) is 15.1. The molecule has 0 bridgehead atoms. The van der Waals surface area contributed by atoms with Gasteiger partial charge in [0.2, 0.25) is 0 Å². The summed E-state index contributed by atoms with van der Waals surface area (Å²) in [5.41, 5.74) is 0.864. The first-order valence-corrected chi connectivity index (χ1v) is 6.80. The molecule has 2 rings (SSSR count). The van der Waals surface area contributed by atoms with Crippen LogP contribution in [0, 0.1) is 0 Å². The van der Waals surface area contributed by atoms with Gasteiger partial charge in [0.05, 0.1) is 12.3 Å². The van der Waals surface area contributed by atoms with Crippen molar-refractivity contribution in [2.75, 3.05) is 31.4 Å². The Labute approximate surface area is 124 Å². The average molecular weight is 288 g/mol. The van der Waals surface area contributed by atoms with Crippen molar-refractivity contribution in [2.45, 2.75) is 13.5 Å². The van der Waals surface area contributed by atoms with Gasteiger partial charge in [-0.25, -0.2) is 9.97 Å². The third-order valence-corrected chi connectivity index (χ3v) is 2.75. The summed E-state index contributed by atoms with van der Waals surface area (Å²) in [6.07, 6.45) is 0. The quantitative estimate of drug-likeness (QED) is 0.816. The summed E-state index contributed by atoms with van der Waals surface area (Å²) < 4.78 is 10.7. The smallest absolute Gasteiger partial charge is 0.158 e. The standard InChI is InChI=1S/C15H20N4O2/c1-4-21-12-8-6-5-7-11(12)17-14-9-13(16-2)18-15(19-14)10-20-3/h5-9H,4,10H2,1-3H3,(H2,16,17,18,19). The summed E-state index contributed by atoms with van der Waals surface area (Å²) >= 11 is 0. The van der Waals surface area contributed by atoms with E-state index < -0.39 is 0 Å². The Hall–Kier alpha value is -2.34. The largest absolute Gasteiger partial charge is 0.492 e. The van der Waals surface area contributed by atoms with Gasteiger partial charge in [-0.05, 0) is 19.1 Å². The molecule has 1 aromatic carbocycles. The van der Waals surface area contributed by atoms with E-state index in [9.17, 15) is 0 Å². The van der Waals surface area contributed by atoms with E-state index >= 15 is 0 Å². The zero-order chi connectivity index (χ0) is 15.1. The molecule has 21 heavy (non-hydrogen) atoms. The number of hydrogen-bond donors (Lipinski definition) is 2. The van der Waals surface area contributed by atoms with E-state index in [2.05, 4.69) is 20.6 Å². The third-order valence-electron chi connectivity index (χ3n) is 2.75. The van der Waals surface area contributed by atoms with Crippen LogP contribution in [-0.4, -0.2) is 30.7 Å². The summed E-state index contributed by atoms with van der Waals surface area (Å²) in [5.74, 6) is 2.82. The monoisotopic (exact) mass is 288 g/mol. The van der Waals surface area contributed by atoms with Gasteiger partial charge >= 0.3 is 0 Å². The molecule has 0 saturated heterocycles. The first-order valence-electron chi connectivity index (χ1n) is 6.80. The highest BCUT2D eigenvalue weighted by molar-refractivity contribution is 5.65. The molecule has 0 amide bonds. The second-order valence-electron chi connectivity index (χ2n) is 4.29. The Morgan fingerprint density at radius 2 is 1.90 bits per heavy atom. The fraction of sp³-hybridized carbons (Fsp3) is 0.333. The lowest BCUT2D eigenvalue weighted by molar-refractivity contribution is 0.178. The fourth-order valence-electron chi connectivity index (χ4n) is 1.87. The van der Waals surface area contributed by atoms with E-state index in [1.807, 2.05) is 44.3 Å². The maximum atomic E-state index is 5.60. The summed E-state index contributed by atoms with van der Waals surface area (Å²) in [7, 11) is 3.43. The molecular formula is C15H20N4O2. The molecule has 0 radical (unpaired) electrons. The predicted octanol–water partition coefficient (Wildman–Crippen LogP) is 2.81. The van der Waals surface area contributed by atoms with Gasteiger partial charge in [0.25, 0.3) is 0 Å². The van der Waals surface area contributed by atoms with Crippen LogP contribution >= 0.6 is 0 Å². The first-order chi connectivity index (χ1) is 10.3. The molecule has 112 valence electrons. The molecule has 2 N–H and O–H groups in total. The molecule has 1 aromatic heterocycles. The van der Waals surface area contributed by atoms with Crippen molar-refractivity contribution in [3.63, 3.8) is 0 Å². The number of nitrogens with zero attached hydrogens (tertiary/aromatic N) is 2. The molecule has 0 fully saturated rings. The number of hydrogen-bond acceptors (Lipinski definition) is 6. The summed E-state index contributed by atoms with van der Waals surface area (Å²) in [5, 5.41) is 6.27. The van der Waals surface area contributed by atoms with Crippen molar-refractivity contribution < 1.29 is 9.47 Å². The third kappa shape index (κ3) is 4.06. The van der Waals surface area contributed by atoms with Crippen LogP contribution in [-0.2, 0) is 11.3 Å². The second kappa shape index (κ2) is 7.44. The van der Waals surface area contributed by atoms with Gasteiger partial charge in [-0.1, -0.05) is 12.1 Å². The molecule has 6 heteroatoms. The number of para-hydroxylation sites is 2. The zero-order valence-electron chi connectivity index (χ0n) is 12.5. The van der Waals surface area contributed by atoms with E-state index in [-0.39, 0.29) is 0 Å². The molecule has 0 atom stereocenters. The Bertz CT molecular complexity index is 590. The summed E-state index contributed by atoms with van der Waals surface area (Å²) in [4.78, 5) is 8.75. The SMILES string of the molecule is CCOc1ccccc1Nc1cc(NC)nc(COC)n1. The Kier molecular flexibility index (Phi) is 5.34. The lowest BCUT2D eigenvalue weighted by Gasteiger charge is -2.13. The van der Waals surface area contributed by atoms with E-state index in [4.69, 9.17) is 9.47 Å². The van der Waals surface area contributed by atoms with Gasteiger partial charge in [0.1, 0.15) is 24.0 Å². The number of rotatable bonds is 7. The van der Waals surface area contributed by atoms with Crippen molar-refractivity contribution in [3.05, 3.63) is 36.2 Å². The van der Waals surface area contributed by atoms with Crippen LogP contribution in [0.25, 0.3) is 0 Å². The molecular weight excluding hydrogens is 268 g/mol. The highest BCUT2D eigenvalue weighted by Crippen LogP contribution is 2.27. The molecule has 1 heterocycles. The van der Waals surface area contributed by atoms with Crippen LogP contribution < -0.4 is 15.4 Å². The van der Waals surface area contributed by atoms with Crippen LogP contribution in [0.4, 0.5) is 17.3 Å². The lowest BCUT2D eigenvalue weighted by Crippen LogP contribution is -2.05. The Balaban J connectivity index is 2.28. The molecule has 6 nitrogen and oxygen atoms in total. The normalized spacial score (nSPS) is 10.2. The summed E-state index contributed by atoms with van der Waals surface area (Å²) in [6, 6.07) is 9.58. The number of benzene rings is 1. The minimum absolute atomic E-state index is 0.358. The average Bonchev–Trinajstić information content (AvgIpc) is 2.49. The van der Waals surface area contributed by atoms with Gasteiger partial charge in [0.15, 0.2) is 5.82 Å². The van der Waals surface area contributed by atoms with Gasteiger partial charge in [0, 0.05) is 20.2 Å². The highest BCUT2D eigenvalue weighted by atomic mass is 16.5. The molecule has 0 spiro atoms. The number of methoxy groups -OCH3 is 1. The van der Waals surface area contributed by atoms with E-state index in [1.165, 1.54) is 0 Å². The van der Waals surface area contributed by atoms with Crippen LogP contribution in [0.5, 0.6) is 5.75 Å². The van der Waals surface area contributed by atoms with Crippen molar-refractivity contribution >= 4 is 17.3 Å². The molecule has 0 aliphatic carbocycles. The van der Waals surface area contributed by atoms with Crippen LogP contribution in [0.2, 0.25) is 0 Å². The van der Waals surface area contributed by atoms with E-state index in [1.54, 1.807) is 7.11 Å². The van der Waals surface area contributed by atoms with Crippen molar-refractivity contribution in [2.24, 2.45) is 0 Å². The van der Waals surface area contributed by atoms with Gasteiger partial charge in [-0.2, -0.15) is 0 Å². The summed E-state index contributed by atoms with van der Waals surface area (Å²) in [6.45, 7) is 2.92. The van der Waals surface area contributed by atoms with Gasteiger partial charge in [-0.15, -0.1) is 0 Å². The molecule has 0 aliphatic heterocycles. The lowest BCUT2D eigenvalue weighted by atomic mass is 10.3. The maximum absolute atomic E-state index is 5.60. The minimum Gasteiger partial charge on any atom is -0.492 e. The fourth-order valence-corrected chi connectivity index (χ4v) is 1.87. The van der Waals surface area contributed by atoms with Crippen molar-refractivity contribution in [3.8, 4) is 5.75 Å². The van der Waals surface area contributed by atoms with Crippen LogP contribution in [0.3, 0.4) is 0 Å². The molecule has 0 unspecified atom stereocenters. The molecule has 0 saturated carbocycles.